The minimum atomic E-state index is 0.560. The Hall–Kier alpha value is 0.270. The molecule has 3 heteroatoms. The quantitative estimate of drug-likeness (QED) is 0.715. The third-order valence-electron chi connectivity index (χ3n) is 3.95. The molecule has 0 aromatic carbocycles. The van der Waals surface area contributed by atoms with Crippen LogP contribution in [0.4, 0.5) is 0 Å². The molecule has 0 amide bonds. The van der Waals surface area contributed by atoms with Crippen LogP contribution < -0.4 is 5.73 Å². The van der Waals surface area contributed by atoms with Crippen LogP contribution in [0, 0.1) is 11.3 Å². The zero-order valence-electron chi connectivity index (χ0n) is 9.17. The van der Waals surface area contributed by atoms with Crippen molar-refractivity contribution in [1.82, 2.24) is 4.90 Å². The highest BCUT2D eigenvalue weighted by Gasteiger charge is 2.42. The van der Waals surface area contributed by atoms with E-state index >= 15 is 0 Å². The molecular formula is C11H22N2S. The maximum atomic E-state index is 5.93. The number of nitrogens with two attached hydrogens (primary N) is 1. The molecule has 2 aliphatic rings. The predicted octanol–water partition coefficient (Wildman–Crippen LogP) is 1.41. The molecule has 2 atom stereocenters. The van der Waals surface area contributed by atoms with Gasteiger partial charge in [0.25, 0.3) is 0 Å². The number of nitrogens with zero attached hydrogens (tertiary/aromatic N) is 1. The van der Waals surface area contributed by atoms with Gasteiger partial charge in [-0.2, -0.15) is 11.8 Å². The van der Waals surface area contributed by atoms with Crippen molar-refractivity contribution in [2.75, 3.05) is 38.2 Å². The van der Waals surface area contributed by atoms with Gasteiger partial charge in [0, 0.05) is 12.3 Å². The van der Waals surface area contributed by atoms with Crippen LogP contribution in [0.15, 0.2) is 0 Å². The Labute approximate surface area is 91.6 Å². The molecule has 2 nitrogen and oxygen atoms in total. The lowest BCUT2D eigenvalue weighted by molar-refractivity contribution is 0.0674. The second-order valence-corrected chi connectivity index (χ2v) is 6.08. The molecule has 2 fully saturated rings. The summed E-state index contributed by atoms with van der Waals surface area (Å²) in [5.41, 5.74) is 6.49. The van der Waals surface area contributed by atoms with Crippen molar-refractivity contribution in [1.29, 1.82) is 0 Å². The molecule has 0 aromatic rings. The maximum Gasteiger partial charge on any atom is 0.00460 e. The fraction of sp³-hybridized carbons (Fsp3) is 1.00. The highest BCUT2D eigenvalue weighted by Crippen LogP contribution is 2.44. The van der Waals surface area contributed by atoms with Crippen LogP contribution in [0.25, 0.3) is 0 Å². The van der Waals surface area contributed by atoms with Crippen LogP contribution in [0.3, 0.4) is 0 Å². The summed E-state index contributed by atoms with van der Waals surface area (Å²) in [6, 6.07) is 0. The Balaban J connectivity index is 2.09. The van der Waals surface area contributed by atoms with Crippen LogP contribution in [-0.4, -0.2) is 43.1 Å². The van der Waals surface area contributed by atoms with E-state index in [0.717, 1.165) is 12.5 Å². The topological polar surface area (TPSA) is 29.3 Å². The summed E-state index contributed by atoms with van der Waals surface area (Å²) in [7, 11) is 2.26. The van der Waals surface area contributed by atoms with Crippen molar-refractivity contribution in [3.05, 3.63) is 0 Å². The molecule has 0 bridgehead atoms. The molecule has 2 N–H and O–H groups in total. The molecule has 2 rings (SSSR count). The van der Waals surface area contributed by atoms with Crippen molar-refractivity contribution in [2.24, 2.45) is 17.1 Å². The Kier molecular flexibility index (Phi) is 3.40. The van der Waals surface area contributed by atoms with E-state index in [1.54, 1.807) is 0 Å². The summed E-state index contributed by atoms with van der Waals surface area (Å²) in [4.78, 5) is 2.50. The van der Waals surface area contributed by atoms with Crippen molar-refractivity contribution in [3.8, 4) is 0 Å². The van der Waals surface area contributed by atoms with Gasteiger partial charge in [-0.15, -0.1) is 0 Å². The lowest BCUT2D eigenvalue weighted by Crippen LogP contribution is -2.51. The van der Waals surface area contributed by atoms with Crippen molar-refractivity contribution >= 4 is 11.8 Å². The average Bonchev–Trinajstić information content (AvgIpc) is 2.18. The standard InChI is InChI=1S/C11H22N2S/c1-13-5-2-4-11(8-13)9-14-6-3-10(11)7-12/h10H,2-9,12H2,1H3. The van der Waals surface area contributed by atoms with Gasteiger partial charge < -0.3 is 10.6 Å². The first-order valence-corrected chi connectivity index (χ1v) is 6.89. The van der Waals surface area contributed by atoms with E-state index in [1.807, 2.05) is 0 Å². The number of piperidine rings is 1. The number of hydrogen-bond acceptors (Lipinski definition) is 3. The number of likely N-dealkylation sites (tertiary alicyclic amines) is 1. The van der Waals surface area contributed by atoms with E-state index in [9.17, 15) is 0 Å². The van der Waals surface area contributed by atoms with Gasteiger partial charge in [0.15, 0.2) is 0 Å². The normalized spacial score (nSPS) is 40.3. The van der Waals surface area contributed by atoms with E-state index in [2.05, 4.69) is 23.7 Å². The van der Waals surface area contributed by atoms with E-state index in [4.69, 9.17) is 5.73 Å². The zero-order chi connectivity index (χ0) is 10.0. The number of hydrogen-bond donors (Lipinski definition) is 1. The average molecular weight is 214 g/mol. The first kappa shape index (κ1) is 10.8. The predicted molar refractivity (Wildman–Crippen MR) is 63.7 cm³/mol. The highest BCUT2D eigenvalue weighted by atomic mass is 32.2. The van der Waals surface area contributed by atoms with Gasteiger partial charge in [-0.25, -0.2) is 0 Å². The van der Waals surface area contributed by atoms with Crippen LogP contribution in [0.1, 0.15) is 19.3 Å². The van der Waals surface area contributed by atoms with E-state index in [1.165, 1.54) is 43.9 Å². The molecule has 2 aliphatic heterocycles. The van der Waals surface area contributed by atoms with E-state index in [0.29, 0.717) is 5.41 Å². The third-order valence-corrected chi connectivity index (χ3v) is 5.25. The van der Waals surface area contributed by atoms with Gasteiger partial charge in [0.2, 0.25) is 0 Å². The first-order valence-electron chi connectivity index (χ1n) is 5.73. The molecule has 2 saturated heterocycles. The number of thioether (sulfide) groups is 1. The molecule has 0 aliphatic carbocycles. The van der Waals surface area contributed by atoms with Crippen molar-refractivity contribution in [2.45, 2.75) is 19.3 Å². The number of rotatable bonds is 1. The summed E-state index contributed by atoms with van der Waals surface area (Å²) in [6.45, 7) is 3.46. The molecular weight excluding hydrogens is 192 g/mol. The minimum absolute atomic E-state index is 0.560. The lowest BCUT2D eigenvalue weighted by atomic mass is 9.70. The summed E-state index contributed by atoms with van der Waals surface area (Å²) in [6.07, 6.45) is 4.12. The SMILES string of the molecule is CN1CCCC2(CSCCC2CN)C1. The van der Waals surface area contributed by atoms with Gasteiger partial charge >= 0.3 is 0 Å². The largest absolute Gasteiger partial charge is 0.330 e. The smallest absolute Gasteiger partial charge is 0.00460 e. The Morgan fingerprint density at radius 3 is 3.14 bits per heavy atom. The summed E-state index contributed by atoms with van der Waals surface area (Å²) in [5, 5.41) is 0. The van der Waals surface area contributed by atoms with Gasteiger partial charge in [0.05, 0.1) is 0 Å². The third kappa shape index (κ3) is 1.95. The molecule has 0 radical (unpaired) electrons. The Morgan fingerprint density at radius 2 is 2.43 bits per heavy atom. The molecule has 14 heavy (non-hydrogen) atoms. The van der Waals surface area contributed by atoms with Crippen LogP contribution in [0.2, 0.25) is 0 Å². The fourth-order valence-corrected chi connectivity index (χ4v) is 4.61. The van der Waals surface area contributed by atoms with Crippen LogP contribution in [0.5, 0.6) is 0 Å². The first-order chi connectivity index (χ1) is 6.77. The van der Waals surface area contributed by atoms with E-state index in [-0.39, 0.29) is 0 Å². The highest BCUT2D eigenvalue weighted by molar-refractivity contribution is 7.99. The van der Waals surface area contributed by atoms with Crippen LogP contribution >= 0.6 is 11.8 Å². The summed E-state index contributed by atoms with van der Waals surface area (Å²) < 4.78 is 0. The molecule has 1 spiro atoms. The monoisotopic (exact) mass is 214 g/mol. The maximum absolute atomic E-state index is 5.93. The Bertz CT molecular complexity index is 194. The van der Waals surface area contributed by atoms with Crippen molar-refractivity contribution < 1.29 is 0 Å². The van der Waals surface area contributed by atoms with Crippen molar-refractivity contribution in [3.63, 3.8) is 0 Å². The minimum Gasteiger partial charge on any atom is -0.330 e. The molecule has 82 valence electrons. The molecule has 2 heterocycles. The molecule has 2 unspecified atom stereocenters. The van der Waals surface area contributed by atoms with Gasteiger partial charge in [-0.05, 0) is 56.5 Å². The van der Waals surface area contributed by atoms with Gasteiger partial charge in [-0.3, -0.25) is 0 Å². The molecule has 0 aromatic heterocycles. The lowest BCUT2D eigenvalue weighted by Gasteiger charge is -2.48. The van der Waals surface area contributed by atoms with Gasteiger partial charge in [-0.1, -0.05) is 0 Å². The summed E-state index contributed by atoms with van der Waals surface area (Å²) in [5.74, 6) is 3.46. The second kappa shape index (κ2) is 4.42. The van der Waals surface area contributed by atoms with Crippen LogP contribution in [-0.2, 0) is 0 Å². The summed E-state index contributed by atoms with van der Waals surface area (Å²) >= 11 is 2.14. The Morgan fingerprint density at radius 1 is 1.57 bits per heavy atom. The fourth-order valence-electron chi connectivity index (χ4n) is 3.14. The second-order valence-electron chi connectivity index (χ2n) is 4.98. The molecule has 0 saturated carbocycles. The van der Waals surface area contributed by atoms with Gasteiger partial charge in [0.1, 0.15) is 0 Å². The van der Waals surface area contributed by atoms with E-state index < -0.39 is 0 Å². The zero-order valence-corrected chi connectivity index (χ0v) is 9.98.